The van der Waals surface area contributed by atoms with Crippen molar-refractivity contribution in [3.63, 3.8) is 0 Å². The Bertz CT molecular complexity index is 493. The van der Waals surface area contributed by atoms with Crippen LogP contribution in [0.4, 0.5) is 5.82 Å². The summed E-state index contributed by atoms with van der Waals surface area (Å²) in [5.74, 6) is 1.22. The van der Waals surface area contributed by atoms with E-state index < -0.39 is 0 Å². The van der Waals surface area contributed by atoms with Gasteiger partial charge in [0.25, 0.3) is 0 Å². The lowest BCUT2D eigenvalue weighted by Crippen LogP contribution is -2.44. The number of piperidine rings is 1. The number of rotatable bonds is 4. The monoisotopic (exact) mass is 291 g/mol. The molecule has 0 amide bonds. The molecule has 1 aromatic heterocycles. The minimum Gasteiger partial charge on any atom is -0.363 e. The summed E-state index contributed by atoms with van der Waals surface area (Å²) in [5.41, 5.74) is 2.49. The average molecular weight is 291 g/mol. The van der Waals surface area contributed by atoms with Crippen LogP contribution >= 0.6 is 0 Å². The third kappa shape index (κ3) is 2.81. The minimum atomic E-state index is 0.653. The topological polar surface area (TPSA) is 36.3 Å². The molecule has 2 fully saturated rings. The highest BCUT2D eigenvalue weighted by Gasteiger charge is 2.35. The summed E-state index contributed by atoms with van der Waals surface area (Å²) in [6, 6.07) is 1.42. The van der Waals surface area contributed by atoms with Gasteiger partial charge in [-0.15, -0.1) is 0 Å². The molecule has 118 valence electrons. The fraction of sp³-hybridized carbons (Fsp3) is 0.812. The van der Waals surface area contributed by atoms with E-state index in [2.05, 4.69) is 41.2 Å². The zero-order valence-electron chi connectivity index (χ0n) is 13.9. The lowest BCUT2D eigenvalue weighted by molar-refractivity contribution is 0.180. The quantitative estimate of drug-likeness (QED) is 0.912. The number of hydrogen-bond donors (Lipinski definition) is 1. The highest BCUT2D eigenvalue weighted by molar-refractivity contribution is 5.48. The second kappa shape index (κ2) is 5.97. The third-order valence-corrected chi connectivity index (χ3v) is 5.13. The molecule has 0 radical (unpaired) electrons. The van der Waals surface area contributed by atoms with E-state index >= 15 is 0 Å². The maximum absolute atomic E-state index is 4.58. The Balaban J connectivity index is 1.68. The number of anilines is 1. The van der Waals surface area contributed by atoms with Gasteiger partial charge in [0.15, 0.2) is 0 Å². The molecule has 5 nitrogen and oxygen atoms in total. The van der Waals surface area contributed by atoms with Crippen LogP contribution in [0, 0.1) is 6.92 Å². The Hall–Kier alpha value is -1.07. The number of hydrogen-bond acceptors (Lipinski definition) is 4. The number of nitrogens with zero attached hydrogens (tertiary/aromatic N) is 4. The molecule has 5 heteroatoms. The van der Waals surface area contributed by atoms with Gasteiger partial charge in [-0.3, -0.25) is 9.58 Å². The first-order valence-corrected chi connectivity index (χ1v) is 8.25. The lowest BCUT2D eigenvalue weighted by atomic mass is 9.99. The summed E-state index contributed by atoms with van der Waals surface area (Å²) in [6.45, 7) is 5.63. The second-order valence-corrected chi connectivity index (χ2v) is 6.78. The molecule has 2 saturated heterocycles. The van der Waals surface area contributed by atoms with Crippen LogP contribution < -0.4 is 10.2 Å². The Morgan fingerprint density at radius 1 is 1.24 bits per heavy atom. The van der Waals surface area contributed by atoms with Crippen LogP contribution in [-0.4, -0.2) is 53.9 Å². The highest BCUT2D eigenvalue weighted by atomic mass is 15.4. The van der Waals surface area contributed by atoms with Gasteiger partial charge in [0.1, 0.15) is 5.82 Å². The Kier molecular flexibility index (Phi) is 4.22. The smallest absolute Gasteiger partial charge is 0.130 e. The fourth-order valence-corrected chi connectivity index (χ4v) is 4.17. The standard InChI is InChI=1S/C16H29N5/c1-12-13(16(19(2)3)20(4)18-12)11-17-14-8-10-21-9-6-5-7-15(14)21/h14-15,17H,5-11H2,1-4H3/t14-,15-/m1/s1. The molecule has 0 aliphatic carbocycles. The summed E-state index contributed by atoms with van der Waals surface area (Å²) in [6.07, 6.45) is 5.44. The number of aromatic nitrogens is 2. The molecule has 3 rings (SSSR count). The van der Waals surface area contributed by atoms with Crippen LogP contribution in [0.25, 0.3) is 0 Å². The van der Waals surface area contributed by atoms with Crippen molar-refractivity contribution in [2.45, 2.75) is 51.2 Å². The van der Waals surface area contributed by atoms with Crippen LogP contribution in [-0.2, 0) is 13.6 Å². The van der Waals surface area contributed by atoms with Gasteiger partial charge in [0.2, 0.25) is 0 Å². The normalized spacial score (nSPS) is 26.1. The molecule has 2 atom stereocenters. The van der Waals surface area contributed by atoms with Gasteiger partial charge in [-0.25, -0.2) is 0 Å². The molecule has 0 saturated carbocycles. The van der Waals surface area contributed by atoms with E-state index in [1.54, 1.807) is 0 Å². The number of fused-ring (bicyclic) bond motifs is 1. The lowest BCUT2D eigenvalue weighted by Gasteiger charge is -2.32. The number of nitrogens with one attached hydrogen (secondary N) is 1. The minimum absolute atomic E-state index is 0.653. The first-order chi connectivity index (χ1) is 10.1. The molecule has 1 N–H and O–H groups in total. The van der Waals surface area contributed by atoms with E-state index in [1.807, 2.05) is 11.7 Å². The van der Waals surface area contributed by atoms with Crippen molar-refractivity contribution in [2.24, 2.45) is 7.05 Å². The van der Waals surface area contributed by atoms with Crippen molar-refractivity contribution < 1.29 is 0 Å². The first-order valence-electron chi connectivity index (χ1n) is 8.25. The predicted molar refractivity (Wildman–Crippen MR) is 86.7 cm³/mol. The fourth-order valence-electron chi connectivity index (χ4n) is 4.17. The molecular weight excluding hydrogens is 262 g/mol. The van der Waals surface area contributed by atoms with Crippen molar-refractivity contribution >= 4 is 5.82 Å². The summed E-state index contributed by atoms with van der Waals surface area (Å²) in [7, 11) is 6.22. The average Bonchev–Trinajstić information content (AvgIpc) is 2.97. The van der Waals surface area contributed by atoms with Crippen molar-refractivity contribution in [3.05, 3.63) is 11.3 Å². The van der Waals surface area contributed by atoms with Crippen LogP contribution in [0.1, 0.15) is 36.9 Å². The molecule has 2 aliphatic heterocycles. The maximum Gasteiger partial charge on any atom is 0.130 e. The van der Waals surface area contributed by atoms with E-state index in [9.17, 15) is 0 Å². The molecule has 0 spiro atoms. The summed E-state index contributed by atoms with van der Waals surface area (Å²) in [4.78, 5) is 4.85. The van der Waals surface area contributed by atoms with Crippen molar-refractivity contribution in [1.29, 1.82) is 0 Å². The van der Waals surface area contributed by atoms with E-state index in [0.717, 1.165) is 18.3 Å². The van der Waals surface area contributed by atoms with Gasteiger partial charge in [0.05, 0.1) is 5.69 Å². The van der Waals surface area contributed by atoms with E-state index in [1.165, 1.54) is 50.2 Å². The van der Waals surface area contributed by atoms with Gasteiger partial charge >= 0.3 is 0 Å². The van der Waals surface area contributed by atoms with Crippen LogP contribution in [0.2, 0.25) is 0 Å². The first kappa shape index (κ1) is 14.9. The van der Waals surface area contributed by atoms with Gasteiger partial charge in [-0.05, 0) is 32.7 Å². The zero-order chi connectivity index (χ0) is 15.0. The number of aryl methyl sites for hydroxylation is 2. The van der Waals surface area contributed by atoms with Crippen LogP contribution in [0.5, 0.6) is 0 Å². The van der Waals surface area contributed by atoms with Crippen LogP contribution in [0.15, 0.2) is 0 Å². The maximum atomic E-state index is 4.58. The summed E-state index contributed by atoms with van der Waals surface area (Å²) >= 11 is 0. The van der Waals surface area contributed by atoms with E-state index in [4.69, 9.17) is 0 Å². The predicted octanol–water partition coefficient (Wildman–Crippen LogP) is 1.51. The van der Waals surface area contributed by atoms with E-state index in [0.29, 0.717) is 6.04 Å². The zero-order valence-corrected chi connectivity index (χ0v) is 13.9. The molecule has 1 aromatic rings. The second-order valence-electron chi connectivity index (χ2n) is 6.78. The van der Waals surface area contributed by atoms with E-state index in [-0.39, 0.29) is 0 Å². The molecular formula is C16H29N5. The Morgan fingerprint density at radius 3 is 2.81 bits per heavy atom. The van der Waals surface area contributed by atoms with Crippen molar-refractivity contribution in [3.8, 4) is 0 Å². The Morgan fingerprint density at radius 2 is 2.05 bits per heavy atom. The highest BCUT2D eigenvalue weighted by Crippen LogP contribution is 2.28. The molecule has 21 heavy (non-hydrogen) atoms. The Labute approximate surface area is 128 Å². The summed E-state index contributed by atoms with van der Waals surface area (Å²) < 4.78 is 1.99. The van der Waals surface area contributed by atoms with Gasteiger partial charge in [-0.1, -0.05) is 6.42 Å². The van der Waals surface area contributed by atoms with Gasteiger partial charge in [0, 0.05) is 51.9 Å². The largest absolute Gasteiger partial charge is 0.363 e. The van der Waals surface area contributed by atoms with Crippen molar-refractivity contribution in [1.82, 2.24) is 20.0 Å². The molecule has 2 aliphatic rings. The van der Waals surface area contributed by atoms with Crippen molar-refractivity contribution in [2.75, 3.05) is 32.1 Å². The SMILES string of the molecule is Cc1nn(C)c(N(C)C)c1CN[C@@H]1CCN2CCCC[C@H]12. The third-order valence-electron chi connectivity index (χ3n) is 5.13. The van der Waals surface area contributed by atoms with Gasteiger partial charge < -0.3 is 10.2 Å². The summed E-state index contributed by atoms with van der Waals surface area (Å²) in [5, 5.41) is 8.41. The molecule has 0 unspecified atom stereocenters. The van der Waals surface area contributed by atoms with Crippen LogP contribution in [0.3, 0.4) is 0 Å². The van der Waals surface area contributed by atoms with Gasteiger partial charge in [-0.2, -0.15) is 5.10 Å². The molecule has 0 aromatic carbocycles. The molecule has 3 heterocycles. The molecule has 0 bridgehead atoms.